The number of allylic oxidation sites excluding steroid dienone is 1. The average Bonchev–Trinajstić information content (AvgIpc) is 2.16. The second kappa shape index (κ2) is 4.58. The van der Waals surface area contributed by atoms with Crippen LogP contribution in [0.5, 0.6) is 0 Å². The molecule has 0 atom stereocenters. The molecule has 72 valence electrons. The van der Waals surface area contributed by atoms with Gasteiger partial charge in [0.05, 0.1) is 5.56 Å². The number of carboxylic acid groups (broad SMARTS) is 1. The average molecular weight is 211 g/mol. The van der Waals surface area contributed by atoms with Gasteiger partial charge in [-0.15, -0.1) is 0 Å². The monoisotopic (exact) mass is 210 g/mol. The largest absolute Gasteiger partial charge is 0.478 e. The Morgan fingerprint density at radius 1 is 1.43 bits per heavy atom. The molecular weight excluding hydrogens is 204 g/mol. The predicted octanol–water partition coefficient (Wildman–Crippen LogP) is 2.25. The van der Waals surface area contributed by atoms with Crippen molar-refractivity contribution in [1.29, 1.82) is 0 Å². The Kier molecular flexibility index (Phi) is 3.42. The Bertz CT molecular complexity index is 396. The standard InChI is InChI=1S/C10H7ClO3/c11-9-4-3-8(10(13)14)6-7(9)2-1-5-12/h1-6H,(H,13,14). The number of halogens is 1. The van der Waals surface area contributed by atoms with Gasteiger partial charge in [0.25, 0.3) is 0 Å². The Balaban J connectivity index is 3.14. The Hall–Kier alpha value is -1.61. The first-order valence-electron chi connectivity index (χ1n) is 3.80. The SMILES string of the molecule is O=CC=Cc1cc(C(=O)O)ccc1Cl. The third kappa shape index (κ3) is 2.44. The fourth-order valence-electron chi connectivity index (χ4n) is 0.947. The van der Waals surface area contributed by atoms with E-state index in [0.29, 0.717) is 16.9 Å². The third-order valence-corrected chi connectivity index (χ3v) is 1.94. The predicted molar refractivity (Wildman–Crippen MR) is 53.5 cm³/mol. The maximum Gasteiger partial charge on any atom is 0.335 e. The molecule has 0 aliphatic heterocycles. The number of carbonyl (C=O) groups excluding carboxylic acids is 1. The van der Waals surface area contributed by atoms with Gasteiger partial charge in [0.15, 0.2) is 0 Å². The molecular formula is C10H7ClO3. The number of benzene rings is 1. The van der Waals surface area contributed by atoms with E-state index in [2.05, 4.69) is 0 Å². The summed E-state index contributed by atoms with van der Waals surface area (Å²) in [5, 5.41) is 9.10. The van der Waals surface area contributed by atoms with E-state index < -0.39 is 5.97 Å². The molecule has 0 aromatic heterocycles. The molecule has 0 heterocycles. The van der Waals surface area contributed by atoms with Crippen LogP contribution in [-0.2, 0) is 4.79 Å². The minimum atomic E-state index is -1.03. The lowest BCUT2D eigenvalue weighted by Crippen LogP contribution is -1.96. The van der Waals surface area contributed by atoms with Crippen molar-refractivity contribution in [3.8, 4) is 0 Å². The van der Waals surface area contributed by atoms with E-state index >= 15 is 0 Å². The second-order valence-electron chi connectivity index (χ2n) is 2.54. The quantitative estimate of drug-likeness (QED) is 0.615. The van der Waals surface area contributed by atoms with E-state index in [1.165, 1.54) is 30.4 Å². The Labute approximate surface area is 85.6 Å². The lowest BCUT2D eigenvalue weighted by atomic mass is 10.1. The molecule has 0 saturated heterocycles. The molecule has 0 fully saturated rings. The summed E-state index contributed by atoms with van der Waals surface area (Å²) in [4.78, 5) is 20.7. The highest BCUT2D eigenvalue weighted by atomic mass is 35.5. The van der Waals surface area contributed by atoms with Gasteiger partial charge in [-0.1, -0.05) is 17.7 Å². The van der Waals surface area contributed by atoms with Crippen LogP contribution in [0.15, 0.2) is 24.3 Å². The van der Waals surface area contributed by atoms with Crippen molar-refractivity contribution in [2.24, 2.45) is 0 Å². The number of carboxylic acids is 1. The van der Waals surface area contributed by atoms with Gasteiger partial charge in [0, 0.05) is 5.02 Å². The van der Waals surface area contributed by atoms with Crippen LogP contribution in [0, 0.1) is 0 Å². The maximum atomic E-state index is 10.6. The number of aromatic carboxylic acids is 1. The Morgan fingerprint density at radius 3 is 2.71 bits per heavy atom. The normalized spacial score (nSPS) is 10.4. The summed E-state index contributed by atoms with van der Waals surface area (Å²) >= 11 is 5.78. The molecule has 0 bridgehead atoms. The zero-order chi connectivity index (χ0) is 10.6. The molecule has 1 aromatic rings. The van der Waals surface area contributed by atoms with Gasteiger partial charge in [-0.3, -0.25) is 4.79 Å². The lowest BCUT2D eigenvalue weighted by molar-refractivity contribution is -0.104. The van der Waals surface area contributed by atoms with Crippen LogP contribution in [0.2, 0.25) is 5.02 Å². The Morgan fingerprint density at radius 2 is 2.14 bits per heavy atom. The van der Waals surface area contributed by atoms with E-state index in [4.69, 9.17) is 16.7 Å². The fourth-order valence-corrected chi connectivity index (χ4v) is 1.13. The highest BCUT2D eigenvalue weighted by Gasteiger charge is 2.04. The van der Waals surface area contributed by atoms with E-state index in [1.54, 1.807) is 0 Å². The molecule has 1 aromatic carbocycles. The summed E-state index contributed by atoms with van der Waals surface area (Å²) in [5.74, 6) is -1.03. The van der Waals surface area contributed by atoms with Crippen LogP contribution < -0.4 is 0 Å². The fraction of sp³-hybridized carbons (Fsp3) is 0. The number of hydrogen-bond donors (Lipinski definition) is 1. The molecule has 4 heteroatoms. The molecule has 0 amide bonds. The van der Waals surface area contributed by atoms with Gasteiger partial charge in [0.2, 0.25) is 0 Å². The number of rotatable bonds is 3. The summed E-state index contributed by atoms with van der Waals surface area (Å²) in [6.45, 7) is 0. The molecule has 0 spiro atoms. The van der Waals surface area contributed by atoms with Crippen LogP contribution in [-0.4, -0.2) is 17.4 Å². The molecule has 0 aliphatic rings. The molecule has 0 aliphatic carbocycles. The second-order valence-corrected chi connectivity index (χ2v) is 2.94. The molecule has 14 heavy (non-hydrogen) atoms. The molecule has 0 saturated carbocycles. The first-order chi connectivity index (χ1) is 6.65. The molecule has 1 N–H and O–H groups in total. The van der Waals surface area contributed by atoms with E-state index in [1.807, 2.05) is 0 Å². The minimum Gasteiger partial charge on any atom is -0.478 e. The number of hydrogen-bond acceptors (Lipinski definition) is 2. The summed E-state index contributed by atoms with van der Waals surface area (Å²) in [6, 6.07) is 4.29. The first-order valence-corrected chi connectivity index (χ1v) is 4.17. The van der Waals surface area contributed by atoms with Crippen LogP contribution in [0.25, 0.3) is 6.08 Å². The summed E-state index contributed by atoms with van der Waals surface area (Å²) in [6.07, 6.45) is 3.32. The minimum absolute atomic E-state index is 0.139. The zero-order valence-corrected chi connectivity index (χ0v) is 7.86. The number of carbonyl (C=O) groups is 2. The van der Waals surface area contributed by atoms with E-state index in [-0.39, 0.29) is 5.56 Å². The van der Waals surface area contributed by atoms with Gasteiger partial charge < -0.3 is 5.11 Å². The van der Waals surface area contributed by atoms with Crippen molar-refractivity contribution in [2.75, 3.05) is 0 Å². The van der Waals surface area contributed by atoms with Crippen LogP contribution >= 0.6 is 11.6 Å². The maximum absolute atomic E-state index is 10.6. The van der Waals surface area contributed by atoms with Crippen molar-refractivity contribution >= 4 is 29.9 Å². The molecule has 0 unspecified atom stereocenters. The summed E-state index contributed by atoms with van der Waals surface area (Å²) in [7, 11) is 0. The molecule has 0 radical (unpaired) electrons. The van der Waals surface area contributed by atoms with Gasteiger partial charge in [-0.05, 0) is 29.8 Å². The van der Waals surface area contributed by atoms with Crippen molar-refractivity contribution in [2.45, 2.75) is 0 Å². The highest BCUT2D eigenvalue weighted by Crippen LogP contribution is 2.18. The zero-order valence-electron chi connectivity index (χ0n) is 7.11. The van der Waals surface area contributed by atoms with E-state index in [9.17, 15) is 9.59 Å². The number of aldehydes is 1. The first kappa shape index (κ1) is 10.5. The summed E-state index contributed by atoms with van der Waals surface area (Å²) < 4.78 is 0. The van der Waals surface area contributed by atoms with Crippen LogP contribution in [0.4, 0.5) is 0 Å². The van der Waals surface area contributed by atoms with Crippen molar-refractivity contribution in [3.05, 3.63) is 40.4 Å². The van der Waals surface area contributed by atoms with Gasteiger partial charge in [0.1, 0.15) is 6.29 Å². The highest BCUT2D eigenvalue weighted by molar-refractivity contribution is 6.32. The van der Waals surface area contributed by atoms with Gasteiger partial charge >= 0.3 is 5.97 Å². The summed E-state index contributed by atoms with van der Waals surface area (Å²) in [5.41, 5.74) is 0.651. The smallest absolute Gasteiger partial charge is 0.335 e. The van der Waals surface area contributed by atoms with Gasteiger partial charge in [-0.25, -0.2) is 4.79 Å². The van der Waals surface area contributed by atoms with Crippen molar-refractivity contribution in [3.63, 3.8) is 0 Å². The third-order valence-electron chi connectivity index (χ3n) is 1.60. The lowest BCUT2D eigenvalue weighted by Gasteiger charge is -1.99. The molecule has 3 nitrogen and oxygen atoms in total. The van der Waals surface area contributed by atoms with Crippen LogP contribution in [0.3, 0.4) is 0 Å². The van der Waals surface area contributed by atoms with Crippen LogP contribution in [0.1, 0.15) is 15.9 Å². The molecule has 1 rings (SSSR count). The van der Waals surface area contributed by atoms with Crippen molar-refractivity contribution < 1.29 is 14.7 Å². The topological polar surface area (TPSA) is 54.4 Å². The van der Waals surface area contributed by atoms with E-state index in [0.717, 1.165) is 0 Å². The van der Waals surface area contributed by atoms with Gasteiger partial charge in [-0.2, -0.15) is 0 Å². The van der Waals surface area contributed by atoms with Crippen molar-refractivity contribution in [1.82, 2.24) is 0 Å².